The molecule has 10 heteroatoms. The van der Waals surface area contributed by atoms with Crippen molar-refractivity contribution in [2.75, 3.05) is 19.6 Å². The number of nitrogens with zero attached hydrogens (tertiary/aromatic N) is 4. The Morgan fingerprint density at radius 3 is 2.66 bits per heavy atom. The van der Waals surface area contributed by atoms with Crippen LogP contribution in [0.25, 0.3) is 22.5 Å². The van der Waals surface area contributed by atoms with Crippen molar-refractivity contribution in [2.45, 2.75) is 31.3 Å². The molecular weight excluding hydrogens is 412 g/mol. The lowest BCUT2D eigenvalue weighted by Gasteiger charge is -2.24. The van der Waals surface area contributed by atoms with E-state index >= 15 is 0 Å². The number of aromatic amines is 1. The van der Waals surface area contributed by atoms with E-state index in [1.54, 1.807) is 30.7 Å². The maximum atomic E-state index is 11.5. The number of pyridine rings is 1. The molecule has 4 rings (SSSR count). The molecule has 1 unspecified atom stereocenters. The van der Waals surface area contributed by atoms with Gasteiger partial charge in [0.15, 0.2) is 5.82 Å². The standard InChI is InChI=1S/C22H26N6O4/c23-6-2-17-16(20(29)30)11-19(27-17)14-3-7-24-18(10-14)15-12-25-21(26-13-15)22(31)4-1-8-28(32)9-5-22/h3,7,10-13,27,31-32H,1-2,4-6,8-9,23H2,(H,29,30). The van der Waals surface area contributed by atoms with Gasteiger partial charge in [-0.3, -0.25) is 4.98 Å². The molecule has 3 aromatic heterocycles. The summed E-state index contributed by atoms with van der Waals surface area (Å²) in [5.41, 5.74) is 7.93. The van der Waals surface area contributed by atoms with Gasteiger partial charge >= 0.3 is 5.97 Å². The quantitative estimate of drug-likeness (QED) is 0.386. The first-order chi connectivity index (χ1) is 15.4. The molecule has 0 radical (unpaired) electrons. The molecule has 32 heavy (non-hydrogen) atoms. The first kappa shape index (κ1) is 22.0. The number of carboxylic acids is 1. The van der Waals surface area contributed by atoms with Crippen LogP contribution in [0.3, 0.4) is 0 Å². The summed E-state index contributed by atoms with van der Waals surface area (Å²) in [6.45, 7) is 1.20. The minimum absolute atomic E-state index is 0.203. The van der Waals surface area contributed by atoms with E-state index < -0.39 is 11.6 Å². The number of aromatic nitrogens is 4. The minimum Gasteiger partial charge on any atom is -0.478 e. The van der Waals surface area contributed by atoms with Gasteiger partial charge in [-0.2, -0.15) is 5.06 Å². The van der Waals surface area contributed by atoms with Gasteiger partial charge in [-0.05, 0) is 44.0 Å². The summed E-state index contributed by atoms with van der Waals surface area (Å²) in [6, 6.07) is 5.21. The fourth-order valence-electron chi connectivity index (χ4n) is 3.97. The predicted octanol–water partition coefficient (Wildman–Crippen LogP) is 1.80. The molecule has 10 nitrogen and oxygen atoms in total. The Morgan fingerprint density at radius 2 is 1.94 bits per heavy atom. The number of nitrogens with one attached hydrogen (secondary N) is 1. The van der Waals surface area contributed by atoms with Crippen LogP contribution in [0.5, 0.6) is 0 Å². The van der Waals surface area contributed by atoms with Crippen molar-refractivity contribution in [2.24, 2.45) is 5.73 Å². The van der Waals surface area contributed by atoms with Gasteiger partial charge in [0.05, 0.1) is 11.3 Å². The second kappa shape index (κ2) is 9.13. The van der Waals surface area contributed by atoms with Crippen molar-refractivity contribution in [3.8, 4) is 22.5 Å². The first-order valence-electron chi connectivity index (χ1n) is 10.5. The summed E-state index contributed by atoms with van der Waals surface area (Å²) in [4.78, 5) is 27.8. The van der Waals surface area contributed by atoms with Crippen molar-refractivity contribution in [3.63, 3.8) is 0 Å². The number of rotatable bonds is 6. The highest BCUT2D eigenvalue weighted by atomic mass is 16.5. The van der Waals surface area contributed by atoms with E-state index in [1.807, 2.05) is 6.07 Å². The zero-order valence-corrected chi connectivity index (χ0v) is 17.5. The van der Waals surface area contributed by atoms with Crippen LogP contribution in [0.1, 0.15) is 41.1 Å². The number of carboxylic acid groups (broad SMARTS) is 1. The second-order valence-corrected chi connectivity index (χ2v) is 7.98. The SMILES string of the molecule is NCCc1[nH]c(-c2ccnc(-c3cnc(C4(O)CCCN(O)CC4)nc3)c2)cc1C(=O)O. The maximum absolute atomic E-state index is 11.5. The summed E-state index contributed by atoms with van der Waals surface area (Å²) in [5.74, 6) is -0.676. The molecule has 168 valence electrons. The topological polar surface area (TPSA) is 161 Å². The lowest BCUT2D eigenvalue weighted by Crippen LogP contribution is -2.30. The van der Waals surface area contributed by atoms with Gasteiger partial charge in [0.2, 0.25) is 0 Å². The lowest BCUT2D eigenvalue weighted by atomic mass is 9.94. The molecule has 1 fully saturated rings. The summed E-state index contributed by atoms with van der Waals surface area (Å²) in [6.07, 6.45) is 6.77. The molecule has 1 saturated heterocycles. The monoisotopic (exact) mass is 438 g/mol. The van der Waals surface area contributed by atoms with Crippen LogP contribution in [-0.2, 0) is 12.0 Å². The highest BCUT2D eigenvalue weighted by molar-refractivity contribution is 5.91. The zero-order chi connectivity index (χ0) is 22.7. The summed E-state index contributed by atoms with van der Waals surface area (Å²) < 4.78 is 0. The maximum Gasteiger partial charge on any atom is 0.337 e. The number of carbonyl (C=O) groups is 1. The Morgan fingerprint density at radius 1 is 1.16 bits per heavy atom. The van der Waals surface area contributed by atoms with Crippen LogP contribution in [0.2, 0.25) is 0 Å². The van der Waals surface area contributed by atoms with E-state index in [0.29, 0.717) is 73.8 Å². The van der Waals surface area contributed by atoms with E-state index in [9.17, 15) is 20.2 Å². The second-order valence-electron chi connectivity index (χ2n) is 7.98. The third-order valence-corrected chi connectivity index (χ3v) is 5.75. The van der Waals surface area contributed by atoms with Crippen LogP contribution in [0.15, 0.2) is 36.8 Å². The number of aliphatic hydroxyl groups is 1. The number of hydrogen-bond acceptors (Lipinski definition) is 8. The largest absolute Gasteiger partial charge is 0.478 e. The van der Waals surface area contributed by atoms with E-state index in [4.69, 9.17) is 5.73 Å². The number of aromatic carboxylic acids is 1. The van der Waals surface area contributed by atoms with Crippen molar-refractivity contribution >= 4 is 5.97 Å². The predicted molar refractivity (Wildman–Crippen MR) is 116 cm³/mol. The molecule has 4 heterocycles. The molecule has 0 aliphatic carbocycles. The van der Waals surface area contributed by atoms with E-state index in [1.165, 1.54) is 5.06 Å². The third kappa shape index (κ3) is 4.53. The molecule has 0 spiro atoms. The lowest BCUT2D eigenvalue weighted by molar-refractivity contribution is -0.0938. The Balaban J connectivity index is 1.60. The van der Waals surface area contributed by atoms with E-state index in [0.717, 1.165) is 5.56 Å². The molecule has 0 bridgehead atoms. The molecule has 0 aromatic carbocycles. The molecule has 1 aliphatic heterocycles. The van der Waals surface area contributed by atoms with Gasteiger partial charge in [-0.25, -0.2) is 14.8 Å². The molecule has 6 N–H and O–H groups in total. The molecule has 3 aromatic rings. The highest BCUT2D eigenvalue weighted by Gasteiger charge is 2.34. The fourth-order valence-corrected chi connectivity index (χ4v) is 3.97. The number of nitrogens with two attached hydrogens (primary N) is 1. The Bertz CT molecular complexity index is 1100. The average molecular weight is 438 g/mol. The first-order valence-corrected chi connectivity index (χ1v) is 10.5. The summed E-state index contributed by atoms with van der Waals surface area (Å²) in [7, 11) is 0. The van der Waals surface area contributed by atoms with Gasteiger partial charge in [0.25, 0.3) is 0 Å². The average Bonchev–Trinajstić information content (AvgIpc) is 3.14. The zero-order valence-electron chi connectivity index (χ0n) is 17.5. The van der Waals surface area contributed by atoms with Crippen molar-refractivity contribution in [3.05, 3.63) is 53.9 Å². The Labute approximate surface area is 184 Å². The molecule has 1 atom stereocenters. The molecule has 1 aliphatic rings. The van der Waals surface area contributed by atoms with Crippen LogP contribution in [-0.4, -0.2) is 66.0 Å². The summed E-state index contributed by atoms with van der Waals surface area (Å²) in [5, 5.41) is 31.3. The smallest absolute Gasteiger partial charge is 0.337 e. The van der Waals surface area contributed by atoms with Crippen molar-refractivity contribution in [1.82, 2.24) is 25.0 Å². The fraction of sp³-hybridized carbons (Fsp3) is 0.364. The van der Waals surface area contributed by atoms with Crippen LogP contribution >= 0.6 is 0 Å². The molecular formula is C22H26N6O4. The van der Waals surface area contributed by atoms with E-state index in [2.05, 4.69) is 19.9 Å². The number of H-pyrrole nitrogens is 1. The van der Waals surface area contributed by atoms with Gasteiger partial charge in [-0.15, -0.1) is 0 Å². The van der Waals surface area contributed by atoms with Crippen LogP contribution in [0.4, 0.5) is 0 Å². The van der Waals surface area contributed by atoms with Crippen LogP contribution < -0.4 is 5.73 Å². The molecule has 0 amide bonds. The van der Waals surface area contributed by atoms with E-state index in [-0.39, 0.29) is 5.56 Å². The molecule has 0 saturated carbocycles. The van der Waals surface area contributed by atoms with Crippen molar-refractivity contribution in [1.29, 1.82) is 0 Å². The Kier molecular flexibility index (Phi) is 6.28. The number of hydroxylamine groups is 2. The van der Waals surface area contributed by atoms with Gasteiger partial charge in [-0.1, -0.05) is 0 Å². The van der Waals surface area contributed by atoms with Crippen LogP contribution in [0, 0.1) is 0 Å². The minimum atomic E-state index is -1.18. The van der Waals surface area contributed by atoms with Gasteiger partial charge in [0, 0.05) is 60.6 Å². The number of hydrogen-bond donors (Lipinski definition) is 5. The van der Waals surface area contributed by atoms with Gasteiger partial charge in [0.1, 0.15) is 5.60 Å². The van der Waals surface area contributed by atoms with Gasteiger partial charge < -0.3 is 26.1 Å². The highest BCUT2D eigenvalue weighted by Crippen LogP contribution is 2.31. The summed E-state index contributed by atoms with van der Waals surface area (Å²) >= 11 is 0. The van der Waals surface area contributed by atoms with Crippen molar-refractivity contribution < 1.29 is 20.2 Å². The third-order valence-electron chi connectivity index (χ3n) is 5.75. The normalized spacial score (nSPS) is 19.6. The Hall–Kier alpha value is -3.18.